The van der Waals surface area contributed by atoms with E-state index in [-0.39, 0.29) is 5.56 Å². The zero-order valence-electron chi connectivity index (χ0n) is 19.8. The topological polar surface area (TPSA) is 65.1 Å². The standard InChI is InChI=1S/C30H18BrN5OS/c31-24-14-12-20(13-15-24)28-32-30-36(34-28)29(37)26(38-30)17-23-18-35(25-8-2-1-3-9-25)33-27(23)22-11-10-19-6-4-5-7-21(19)16-22/h1-18H. The van der Waals surface area contributed by atoms with Crippen LogP contribution in [-0.4, -0.2) is 24.4 Å². The molecule has 0 atom stereocenters. The molecular weight excluding hydrogens is 558 g/mol. The number of benzene rings is 4. The van der Waals surface area contributed by atoms with Gasteiger partial charge >= 0.3 is 0 Å². The molecule has 182 valence electrons. The Morgan fingerprint density at radius 1 is 0.789 bits per heavy atom. The van der Waals surface area contributed by atoms with Crippen LogP contribution in [0.4, 0.5) is 0 Å². The van der Waals surface area contributed by atoms with Crippen molar-refractivity contribution in [3.05, 3.63) is 128 Å². The number of rotatable bonds is 4. The number of thiazole rings is 1. The van der Waals surface area contributed by atoms with E-state index in [1.54, 1.807) is 0 Å². The van der Waals surface area contributed by atoms with E-state index in [1.165, 1.54) is 21.2 Å². The van der Waals surface area contributed by atoms with E-state index in [4.69, 9.17) is 5.10 Å². The molecule has 0 saturated heterocycles. The molecule has 0 aliphatic carbocycles. The van der Waals surface area contributed by atoms with Crippen LogP contribution in [0.5, 0.6) is 0 Å². The first kappa shape index (κ1) is 22.8. The molecule has 0 aliphatic rings. The predicted molar refractivity (Wildman–Crippen MR) is 156 cm³/mol. The number of halogens is 1. The molecule has 38 heavy (non-hydrogen) atoms. The molecule has 0 radical (unpaired) electrons. The van der Waals surface area contributed by atoms with Crippen LogP contribution in [0.15, 0.2) is 113 Å². The molecule has 3 heterocycles. The fourth-order valence-electron chi connectivity index (χ4n) is 4.46. The van der Waals surface area contributed by atoms with E-state index in [9.17, 15) is 4.79 Å². The van der Waals surface area contributed by atoms with Gasteiger partial charge in [0.15, 0.2) is 5.82 Å². The lowest BCUT2D eigenvalue weighted by atomic mass is 10.0. The summed E-state index contributed by atoms with van der Waals surface area (Å²) in [6, 6.07) is 32.2. The summed E-state index contributed by atoms with van der Waals surface area (Å²) in [6.45, 7) is 0. The molecule has 4 aromatic carbocycles. The average molecular weight is 576 g/mol. The minimum Gasteiger partial charge on any atom is -0.266 e. The lowest BCUT2D eigenvalue weighted by molar-refractivity contribution is 0.884. The van der Waals surface area contributed by atoms with Crippen LogP contribution in [0.3, 0.4) is 0 Å². The number of para-hydroxylation sites is 1. The first-order chi connectivity index (χ1) is 18.6. The van der Waals surface area contributed by atoms with Crippen LogP contribution < -0.4 is 10.1 Å². The second-order valence-corrected chi connectivity index (χ2v) is 10.8. The van der Waals surface area contributed by atoms with E-state index in [0.717, 1.165) is 37.9 Å². The van der Waals surface area contributed by atoms with E-state index in [1.807, 2.05) is 83.7 Å². The minimum atomic E-state index is -0.196. The van der Waals surface area contributed by atoms with Crippen molar-refractivity contribution in [1.29, 1.82) is 0 Å². The summed E-state index contributed by atoms with van der Waals surface area (Å²) in [4.78, 5) is 18.5. The molecular formula is C30H18BrN5OS. The zero-order chi connectivity index (χ0) is 25.6. The van der Waals surface area contributed by atoms with Gasteiger partial charge < -0.3 is 0 Å². The normalized spacial score (nSPS) is 12.1. The third kappa shape index (κ3) is 4.04. The van der Waals surface area contributed by atoms with Gasteiger partial charge in [-0.15, -0.1) is 5.10 Å². The maximum Gasteiger partial charge on any atom is 0.291 e. The largest absolute Gasteiger partial charge is 0.291 e. The van der Waals surface area contributed by atoms with Gasteiger partial charge in [0.1, 0.15) is 5.69 Å². The minimum absolute atomic E-state index is 0.196. The van der Waals surface area contributed by atoms with Crippen LogP contribution in [0.2, 0.25) is 0 Å². The highest BCUT2D eigenvalue weighted by atomic mass is 79.9. The third-order valence-corrected chi connectivity index (χ3v) is 7.84. The monoisotopic (exact) mass is 575 g/mol. The zero-order valence-corrected chi connectivity index (χ0v) is 22.2. The van der Waals surface area contributed by atoms with Crippen molar-refractivity contribution in [2.75, 3.05) is 0 Å². The molecule has 0 unspecified atom stereocenters. The highest BCUT2D eigenvalue weighted by Gasteiger charge is 2.15. The predicted octanol–water partition coefficient (Wildman–Crippen LogP) is 6.13. The van der Waals surface area contributed by atoms with Gasteiger partial charge in [-0.25, -0.2) is 4.68 Å². The smallest absolute Gasteiger partial charge is 0.266 e. The fourth-order valence-corrected chi connectivity index (χ4v) is 5.63. The summed E-state index contributed by atoms with van der Waals surface area (Å²) in [7, 11) is 0. The molecule has 0 saturated carbocycles. The summed E-state index contributed by atoms with van der Waals surface area (Å²) >= 11 is 4.77. The van der Waals surface area contributed by atoms with Gasteiger partial charge in [-0.2, -0.15) is 14.6 Å². The van der Waals surface area contributed by atoms with Crippen LogP contribution >= 0.6 is 27.3 Å². The summed E-state index contributed by atoms with van der Waals surface area (Å²) in [6.07, 6.45) is 3.85. The van der Waals surface area contributed by atoms with Crippen molar-refractivity contribution in [3.63, 3.8) is 0 Å². The molecule has 0 amide bonds. The number of nitrogens with zero attached hydrogens (tertiary/aromatic N) is 5. The number of fused-ring (bicyclic) bond motifs is 2. The lowest BCUT2D eigenvalue weighted by Gasteiger charge is -2.03. The van der Waals surface area contributed by atoms with Crippen LogP contribution in [0, 0.1) is 0 Å². The van der Waals surface area contributed by atoms with Crippen molar-refractivity contribution in [1.82, 2.24) is 24.4 Å². The summed E-state index contributed by atoms with van der Waals surface area (Å²) < 4.78 is 4.76. The van der Waals surface area contributed by atoms with Crippen molar-refractivity contribution in [2.45, 2.75) is 0 Å². The maximum atomic E-state index is 13.3. The third-order valence-electron chi connectivity index (χ3n) is 6.36. The molecule has 0 spiro atoms. The van der Waals surface area contributed by atoms with E-state index < -0.39 is 0 Å². The average Bonchev–Trinajstić information content (AvgIpc) is 3.64. The SMILES string of the molecule is O=c1c(=Cc2cn(-c3ccccc3)nc2-c2ccc3ccccc3c2)sc2nc(-c3ccc(Br)cc3)nn12. The molecule has 7 aromatic rings. The van der Waals surface area contributed by atoms with Gasteiger partial charge in [-0.3, -0.25) is 4.79 Å². The Morgan fingerprint density at radius 2 is 1.53 bits per heavy atom. The van der Waals surface area contributed by atoms with Gasteiger partial charge in [0, 0.05) is 27.4 Å². The van der Waals surface area contributed by atoms with Crippen LogP contribution in [0.25, 0.3) is 50.1 Å². The highest BCUT2D eigenvalue weighted by Crippen LogP contribution is 2.28. The van der Waals surface area contributed by atoms with E-state index >= 15 is 0 Å². The molecule has 0 N–H and O–H groups in total. The Morgan fingerprint density at radius 3 is 2.32 bits per heavy atom. The molecule has 0 aliphatic heterocycles. The molecule has 8 heteroatoms. The first-order valence-electron chi connectivity index (χ1n) is 11.9. The highest BCUT2D eigenvalue weighted by molar-refractivity contribution is 9.10. The summed E-state index contributed by atoms with van der Waals surface area (Å²) in [5.74, 6) is 0.529. The summed E-state index contributed by atoms with van der Waals surface area (Å²) in [5.41, 5.74) is 4.23. The molecule has 0 bridgehead atoms. The van der Waals surface area contributed by atoms with E-state index in [0.29, 0.717) is 15.3 Å². The first-order valence-corrected chi connectivity index (χ1v) is 13.5. The second-order valence-electron chi connectivity index (χ2n) is 8.83. The van der Waals surface area contributed by atoms with Gasteiger partial charge in [-0.05, 0) is 47.2 Å². The Hall–Kier alpha value is -4.40. The fraction of sp³-hybridized carbons (Fsp3) is 0. The Labute approximate surface area is 229 Å². The molecule has 7 rings (SSSR count). The number of aromatic nitrogens is 5. The van der Waals surface area contributed by atoms with Crippen molar-refractivity contribution in [3.8, 4) is 28.3 Å². The molecule has 3 aromatic heterocycles. The summed E-state index contributed by atoms with van der Waals surface area (Å²) in [5, 5.41) is 11.7. The van der Waals surface area contributed by atoms with Gasteiger partial charge in [0.2, 0.25) is 4.96 Å². The molecule has 6 nitrogen and oxygen atoms in total. The van der Waals surface area contributed by atoms with E-state index in [2.05, 4.69) is 56.3 Å². The Kier molecular flexibility index (Phi) is 5.49. The Balaban J connectivity index is 1.38. The number of hydrogen-bond donors (Lipinski definition) is 0. The number of hydrogen-bond acceptors (Lipinski definition) is 5. The van der Waals surface area contributed by atoms with Gasteiger partial charge in [0.05, 0.1) is 10.2 Å². The second kappa shape index (κ2) is 9.16. The quantitative estimate of drug-likeness (QED) is 0.253. The van der Waals surface area contributed by atoms with Crippen molar-refractivity contribution < 1.29 is 0 Å². The lowest BCUT2D eigenvalue weighted by Crippen LogP contribution is -2.23. The van der Waals surface area contributed by atoms with Crippen molar-refractivity contribution >= 4 is 49.1 Å². The van der Waals surface area contributed by atoms with Crippen LogP contribution in [0.1, 0.15) is 5.56 Å². The Bertz CT molecular complexity index is 2060. The van der Waals surface area contributed by atoms with Crippen molar-refractivity contribution in [2.24, 2.45) is 0 Å². The van der Waals surface area contributed by atoms with Gasteiger partial charge in [-0.1, -0.05) is 94.0 Å². The molecule has 0 fully saturated rings. The maximum absolute atomic E-state index is 13.3. The van der Waals surface area contributed by atoms with Crippen LogP contribution in [-0.2, 0) is 0 Å². The van der Waals surface area contributed by atoms with Gasteiger partial charge in [0.25, 0.3) is 5.56 Å².